The highest BCUT2D eigenvalue weighted by Crippen LogP contribution is 2.21. The lowest BCUT2D eigenvalue weighted by molar-refractivity contribution is -0.122. The Bertz CT molecular complexity index is 1100. The number of ether oxygens (including phenoxy) is 1. The number of aryl methyl sites for hydroxylation is 1. The number of para-hydroxylation sites is 1. The average Bonchev–Trinajstić information content (AvgIpc) is 2.75. The van der Waals surface area contributed by atoms with E-state index in [0.717, 1.165) is 12.0 Å². The maximum atomic E-state index is 12.5. The maximum Gasteiger partial charge on any atom is 0.265 e. The van der Waals surface area contributed by atoms with Gasteiger partial charge in [0.2, 0.25) is 0 Å². The zero-order valence-corrected chi connectivity index (χ0v) is 17.5. The summed E-state index contributed by atoms with van der Waals surface area (Å²) in [4.78, 5) is 16.5. The number of benzene rings is 2. The predicted molar refractivity (Wildman–Crippen MR) is 116 cm³/mol. The zero-order valence-electron chi connectivity index (χ0n) is 16.7. The van der Waals surface area contributed by atoms with Crippen molar-refractivity contribution in [2.45, 2.75) is 31.3 Å². The third kappa shape index (κ3) is 5.36. The van der Waals surface area contributed by atoms with Crippen LogP contribution < -0.4 is 14.8 Å². The zero-order chi connectivity index (χ0) is 21.6. The van der Waals surface area contributed by atoms with Crippen molar-refractivity contribution < 1.29 is 17.9 Å². The van der Waals surface area contributed by atoms with Crippen LogP contribution in [0.15, 0.2) is 77.8 Å². The number of hydrogen-bond donors (Lipinski definition) is 2. The largest absolute Gasteiger partial charge is 0.481 e. The minimum Gasteiger partial charge on any atom is -0.481 e. The lowest BCUT2D eigenvalue weighted by atomic mass is 10.1. The molecular weight excluding hydrogens is 402 g/mol. The van der Waals surface area contributed by atoms with Crippen LogP contribution in [0.5, 0.6) is 5.75 Å². The Morgan fingerprint density at radius 1 is 1.03 bits per heavy atom. The van der Waals surface area contributed by atoms with Crippen molar-refractivity contribution >= 4 is 27.4 Å². The smallest absolute Gasteiger partial charge is 0.265 e. The molecule has 0 aliphatic carbocycles. The van der Waals surface area contributed by atoms with Crippen LogP contribution in [0.25, 0.3) is 0 Å². The molecule has 156 valence electrons. The normalized spacial score (nSPS) is 12.1. The molecular formula is C22H23N3O4S. The summed E-state index contributed by atoms with van der Waals surface area (Å²) in [7, 11) is -3.77. The highest BCUT2D eigenvalue weighted by Gasteiger charge is 2.18. The molecule has 0 aliphatic rings. The first-order valence-electron chi connectivity index (χ1n) is 9.48. The monoisotopic (exact) mass is 425 g/mol. The Balaban J connectivity index is 1.64. The van der Waals surface area contributed by atoms with E-state index in [9.17, 15) is 13.2 Å². The summed E-state index contributed by atoms with van der Waals surface area (Å²) in [6.45, 7) is 3.68. The Hall–Kier alpha value is -3.39. The molecule has 2 aromatic carbocycles. The molecule has 2 N–H and O–H groups in total. The van der Waals surface area contributed by atoms with Crippen LogP contribution in [-0.2, 0) is 21.2 Å². The summed E-state index contributed by atoms with van der Waals surface area (Å²) in [5, 5.41) is 2.74. The molecule has 30 heavy (non-hydrogen) atoms. The highest BCUT2D eigenvalue weighted by atomic mass is 32.2. The minimum atomic E-state index is -3.77. The van der Waals surface area contributed by atoms with Gasteiger partial charge in [0.25, 0.3) is 15.9 Å². The van der Waals surface area contributed by atoms with Crippen molar-refractivity contribution in [3.8, 4) is 5.75 Å². The summed E-state index contributed by atoms with van der Waals surface area (Å²) in [6, 6.07) is 18.4. The number of anilines is 2. The van der Waals surface area contributed by atoms with E-state index in [1.807, 2.05) is 31.2 Å². The number of carbonyl (C=O) groups excluding carboxylic acids is 1. The number of pyridine rings is 1. The summed E-state index contributed by atoms with van der Waals surface area (Å²) in [6.07, 6.45) is 1.58. The van der Waals surface area contributed by atoms with Crippen molar-refractivity contribution in [2.75, 3.05) is 10.0 Å². The van der Waals surface area contributed by atoms with E-state index in [0.29, 0.717) is 11.4 Å². The SMILES string of the molecule is CCc1ccccc1O[C@H](C)C(=O)Nc1ccc(S(=O)(=O)Nc2ccccn2)cc1. The van der Waals surface area contributed by atoms with Gasteiger partial charge < -0.3 is 10.1 Å². The summed E-state index contributed by atoms with van der Waals surface area (Å²) in [5.74, 6) is 0.570. The van der Waals surface area contributed by atoms with Gasteiger partial charge in [-0.2, -0.15) is 0 Å². The quantitative estimate of drug-likeness (QED) is 0.571. The molecule has 1 atom stereocenters. The summed E-state index contributed by atoms with van der Waals surface area (Å²) < 4.78 is 33.1. The fourth-order valence-corrected chi connectivity index (χ4v) is 3.74. The van der Waals surface area contributed by atoms with Gasteiger partial charge in [0.1, 0.15) is 11.6 Å². The van der Waals surface area contributed by atoms with Crippen LogP contribution in [0.2, 0.25) is 0 Å². The molecule has 0 bridgehead atoms. The van der Waals surface area contributed by atoms with Crippen LogP contribution in [0.1, 0.15) is 19.4 Å². The van der Waals surface area contributed by atoms with E-state index in [1.54, 1.807) is 25.1 Å². The van der Waals surface area contributed by atoms with Gasteiger partial charge in [-0.25, -0.2) is 13.4 Å². The number of nitrogens with one attached hydrogen (secondary N) is 2. The van der Waals surface area contributed by atoms with Crippen molar-refractivity contribution in [2.24, 2.45) is 0 Å². The van der Waals surface area contributed by atoms with Crippen molar-refractivity contribution in [1.82, 2.24) is 4.98 Å². The van der Waals surface area contributed by atoms with E-state index in [-0.39, 0.29) is 16.6 Å². The first kappa shape index (κ1) is 21.3. The summed E-state index contributed by atoms with van der Waals surface area (Å²) >= 11 is 0. The van der Waals surface area contributed by atoms with Crippen LogP contribution in [-0.4, -0.2) is 25.4 Å². The van der Waals surface area contributed by atoms with Crippen molar-refractivity contribution in [3.05, 3.63) is 78.5 Å². The average molecular weight is 426 g/mol. The molecule has 0 aliphatic heterocycles. The molecule has 3 aromatic rings. The third-order valence-corrected chi connectivity index (χ3v) is 5.73. The van der Waals surface area contributed by atoms with Crippen LogP contribution >= 0.6 is 0 Å². The summed E-state index contributed by atoms with van der Waals surface area (Å²) in [5.41, 5.74) is 1.49. The fourth-order valence-electron chi connectivity index (χ4n) is 2.74. The Morgan fingerprint density at radius 3 is 2.40 bits per heavy atom. The first-order chi connectivity index (χ1) is 14.4. The molecule has 0 fully saturated rings. The minimum absolute atomic E-state index is 0.0623. The molecule has 0 saturated carbocycles. The van der Waals surface area contributed by atoms with Crippen molar-refractivity contribution in [1.29, 1.82) is 0 Å². The third-order valence-electron chi connectivity index (χ3n) is 4.36. The Kier molecular flexibility index (Phi) is 6.68. The molecule has 1 aromatic heterocycles. The van der Waals surface area contributed by atoms with Crippen LogP contribution in [0.4, 0.5) is 11.5 Å². The van der Waals surface area contributed by atoms with Gasteiger partial charge in [-0.05, 0) is 61.4 Å². The Morgan fingerprint density at radius 2 is 1.73 bits per heavy atom. The van der Waals surface area contributed by atoms with Gasteiger partial charge in [-0.15, -0.1) is 0 Å². The van der Waals surface area contributed by atoms with E-state index in [1.165, 1.54) is 30.5 Å². The van der Waals surface area contributed by atoms with Gasteiger partial charge in [-0.1, -0.05) is 31.2 Å². The molecule has 1 amide bonds. The van der Waals surface area contributed by atoms with Crippen LogP contribution in [0.3, 0.4) is 0 Å². The standard InChI is InChI=1S/C22H23N3O4S/c1-3-17-8-4-5-9-20(17)29-16(2)22(26)24-18-11-13-19(14-12-18)30(27,28)25-21-10-6-7-15-23-21/h4-16H,3H2,1-2H3,(H,23,25)(H,24,26)/t16-/m1/s1. The number of hydrogen-bond acceptors (Lipinski definition) is 5. The fraction of sp³-hybridized carbons (Fsp3) is 0.182. The molecule has 0 unspecified atom stereocenters. The van der Waals surface area contributed by atoms with Crippen LogP contribution in [0, 0.1) is 0 Å². The van der Waals surface area contributed by atoms with E-state index < -0.39 is 16.1 Å². The topological polar surface area (TPSA) is 97.4 Å². The van der Waals surface area contributed by atoms with Gasteiger partial charge >= 0.3 is 0 Å². The molecule has 0 spiro atoms. The molecule has 0 saturated heterocycles. The first-order valence-corrected chi connectivity index (χ1v) is 11.0. The second kappa shape index (κ2) is 9.41. The number of amides is 1. The molecule has 1 heterocycles. The predicted octanol–water partition coefficient (Wildman–Crippen LogP) is 3.85. The van der Waals surface area contributed by atoms with E-state index in [2.05, 4.69) is 15.0 Å². The lowest BCUT2D eigenvalue weighted by Crippen LogP contribution is -2.30. The number of carbonyl (C=O) groups is 1. The number of nitrogens with zero attached hydrogens (tertiary/aromatic N) is 1. The van der Waals surface area contributed by atoms with E-state index >= 15 is 0 Å². The van der Waals surface area contributed by atoms with Gasteiger partial charge in [0.15, 0.2) is 6.10 Å². The number of sulfonamides is 1. The number of rotatable bonds is 8. The highest BCUT2D eigenvalue weighted by molar-refractivity contribution is 7.92. The maximum absolute atomic E-state index is 12.5. The van der Waals surface area contributed by atoms with Gasteiger partial charge in [-0.3, -0.25) is 9.52 Å². The Labute approximate surface area is 176 Å². The van der Waals surface area contributed by atoms with Gasteiger partial charge in [0, 0.05) is 11.9 Å². The molecule has 0 radical (unpaired) electrons. The van der Waals surface area contributed by atoms with E-state index in [4.69, 9.17) is 4.74 Å². The second-order valence-corrected chi connectivity index (χ2v) is 8.24. The molecule has 8 heteroatoms. The second-order valence-electron chi connectivity index (χ2n) is 6.56. The number of aromatic nitrogens is 1. The van der Waals surface area contributed by atoms with Crippen molar-refractivity contribution in [3.63, 3.8) is 0 Å². The molecule has 3 rings (SSSR count). The lowest BCUT2D eigenvalue weighted by Gasteiger charge is -2.17. The molecule has 7 nitrogen and oxygen atoms in total. The van der Waals surface area contributed by atoms with Gasteiger partial charge in [0.05, 0.1) is 4.90 Å².